The molecule has 1 aromatic rings. The van der Waals surface area contributed by atoms with Gasteiger partial charge in [-0.2, -0.15) is 13.2 Å². The van der Waals surface area contributed by atoms with E-state index in [4.69, 9.17) is 4.74 Å². The number of carbonyl (C=O) groups is 1. The van der Waals surface area contributed by atoms with Crippen LogP contribution in [0.15, 0.2) is 24.3 Å². The van der Waals surface area contributed by atoms with Crippen LogP contribution in [0.4, 0.5) is 17.6 Å². The lowest BCUT2D eigenvalue weighted by Gasteiger charge is -2.34. The van der Waals surface area contributed by atoms with E-state index in [0.717, 1.165) is 18.5 Å². The summed E-state index contributed by atoms with van der Waals surface area (Å²) in [4.78, 5) is 12.1. The third kappa shape index (κ3) is 5.36. The molecule has 0 radical (unpaired) electrons. The van der Waals surface area contributed by atoms with E-state index in [0.29, 0.717) is 19.6 Å². The Labute approximate surface area is 137 Å². The highest BCUT2D eigenvalue weighted by atomic mass is 19.4. The molecular formula is C16H20F4N2O2. The van der Waals surface area contributed by atoms with Crippen LogP contribution in [0.25, 0.3) is 0 Å². The first kappa shape index (κ1) is 18.5. The van der Waals surface area contributed by atoms with E-state index in [1.54, 1.807) is 0 Å². The number of amides is 1. The van der Waals surface area contributed by atoms with Gasteiger partial charge in [-0.25, -0.2) is 4.39 Å². The number of carbonyl (C=O) groups excluding carboxylic acids is 1. The summed E-state index contributed by atoms with van der Waals surface area (Å²) in [5, 5.41) is 2.91. The first-order valence-corrected chi connectivity index (χ1v) is 7.71. The van der Waals surface area contributed by atoms with Crippen LogP contribution >= 0.6 is 0 Å². The summed E-state index contributed by atoms with van der Waals surface area (Å²) < 4.78 is 57.4. The monoisotopic (exact) mass is 348 g/mol. The van der Waals surface area contributed by atoms with E-state index in [1.165, 1.54) is 17.0 Å². The van der Waals surface area contributed by atoms with Crippen molar-refractivity contribution in [3.05, 3.63) is 29.8 Å². The van der Waals surface area contributed by atoms with Crippen molar-refractivity contribution in [3.8, 4) is 5.75 Å². The summed E-state index contributed by atoms with van der Waals surface area (Å²) in [6, 6.07) is 4.64. The fourth-order valence-electron chi connectivity index (χ4n) is 2.52. The molecule has 8 heteroatoms. The van der Waals surface area contributed by atoms with Gasteiger partial charge in [-0.05, 0) is 18.2 Å². The van der Waals surface area contributed by atoms with Crippen LogP contribution < -0.4 is 10.1 Å². The van der Waals surface area contributed by atoms with Gasteiger partial charge in [-0.3, -0.25) is 4.79 Å². The maximum Gasteiger partial charge on any atom is 0.416 e. The minimum atomic E-state index is -4.41. The Morgan fingerprint density at radius 2 is 2.00 bits per heavy atom. The molecule has 1 aliphatic rings. The molecule has 2 rings (SSSR count). The first-order valence-electron chi connectivity index (χ1n) is 7.71. The molecule has 1 fully saturated rings. The predicted molar refractivity (Wildman–Crippen MR) is 80.5 cm³/mol. The molecule has 1 heterocycles. The molecule has 1 aromatic carbocycles. The van der Waals surface area contributed by atoms with Crippen molar-refractivity contribution >= 4 is 6.41 Å². The van der Waals surface area contributed by atoms with Crippen LogP contribution in [0.1, 0.15) is 18.4 Å². The number of ether oxygens (including phenoxy) is 1. The van der Waals surface area contributed by atoms with Crippen molar-refractivity contribution in [2.24, 2.45) is 0 Å². The molecule has 0 saturated carbocycles. The van der Waals surface area contributed by atoms with E-state index in [9.17, 15) is 22.4 Å². The number of nitrogens with zero attached hydrogens (tertiary/aromatic N) is 1. The zero-order valence-electron chi connectivity index (χ0n) is 13.1. The molecule has 0 unspecified atom stereocenters. The van der Waals surface area contributed by atoms with E-state index >= 15 is 0 Å². The van der Waals surface area contributed by atoms with Gasteiger partial charge in [0.25, 0.3) is 0 Å². The van der Waals surface area contributed by atoms with Gasteiger partial charge < -0.3 is 15.0 Å². The van der Waals surface area contributed by atoms with Crippen molar-refractivity contribution in [2.45, 2.75) is 24.7 Å². The van der Waals surface area contributed by atoms with Crippen molar-refractivity contribution in [3.63, 3.8) is 0 Å². The summed E-state index contributed by atoms with van der Waals surface area (Å²) in [5.41, 5.74) is -2.13. The Kier molecular flexibility index (Phi) is 6.04. The van der Waals surface area contributed by atoms with E-state index in [2.05, 4.69) is 5.32 Å². The zero-order chi connectivity index (χ0) is 17.6. The van der Waals surface area contributed by atoms with Crippen molar-refractivity contribution < 1.29 is 27.1 Å². The Hall–Kier alpha value is -1.83. The second-order valence-electron chi connectivity index (χ2n) is 5.84. The van der Waals surface area contributed by atoms with Crippen LogP contribution in [0.2, 0.25) is 0 Å². The number of piperidine rings is 1. The topological polar surface area (TPSA) is 41.6 Å². The van der Waals surface area contributed by atoms with E-state index < -0.39 is 17.4 Å². The number of likely N-dealkylation sites (tertiary alicyclic amines) is 1. The van der Waals surface area contributed by atoms with Gasteiger partial charge >= 0.3 is 6.18 Å². The Morgan fingerprint density at radius 3 is 2.62 bits per heavy atom. The lowest BCUT2D eigenvalue weighted by molar-refractivity contribution is -0.137. The van der Waals surface area contributed by atoms with Gasteiger partial charge in [0.05, 0.1) is 5.56 Å². The van der Waals surface area contributed by atoms with Gasteiger partial charge in [0.15, 0.2) is 0 Å². The molecule has 0 atom stereocenters. The van der Waals surface area contributed by atoms with Crippen molar-refractivity contribution in [2.75, 3.05) is 32.8 Å². The van der Waals surface area contributed by atoms with Gasteiger partial charge in [-0.1, -0.05) is 6.07 Å². The van der Waals surface area contributed by atoms with Gasteiger partial charge in [-0.15, -0.1) is 0 Å². The van der Waals surface area contributed by atoms with Crippen LogP contribution in [0.5, 0.6) is 5.75 Å². The number of halogens is 4. The number of nitrogens with one attached hydrogen (secondary N) is 1. The fraction of sp³-hybridized carbons (Fsp3) is 0.562. The van der Waals surface area contributed by atoms with Crippen molar-refractivity contribution in [1.29, 1.82) is 0 Å². The van der Waals surface area contributed by atoms with Crippen LogP contribution in [-0.4, -0.2) is 49.8 Å². The quantitative estimate of drug-likeness (QED) is 0.468. The lowest BCUT2D eigenvalue weighted by Crippen LogP contribution is -2.47. The minimum Gasteiger partial charge on any atom is -0.492 e. The molecule has 1 saturated heterocycles. The molecule has 24 heavy (non-hydrogen) atoms. The van der Waals surface area contributed by atoms with Gasteiger partial charge in [0.1, 0.15) is 18.0 Å². The van der Waals surface area contributed by atoms with Gasteiger partial charge in [0, 0.05) is 39.0 Å². The number of rotatable bonds is 7. The predicted octanol–water partition coefficient (Wildman–Crippen LogP) is 2.63. The Bertz CT molecular complexity index is 543. The summed E-state index contributed by atoms with van der Waals surface area (Å²) in [6.07, 6.45) is -3.15. The van der Waals surface area contributed by atoms with E-state index in [1.807, 2.05) is 0 Å². The molecule has 1 N–H and O–H groups in total. The molecule has 1 aliphatic heterocycles. The Balaban J connectivity index is 1.69. The van der Waals surface area contributed by atoms with E-state index in [-0.39, 0.29) is 31.7 Å². The molecule has 0 aliphatic carbocycles. The molecule has 134 valence electrons. The first-order chi connectivity index (χ1) is 11.3. The Morgan fingerprint density at radius 1 is 1.29 bits per heavy atom. The summed E-state index contributed by atoms with van der Waals surface area (Å²) in [5.74, 6) is 0.126. The molecule has 4 nitrogen and oxygen atoms in total. The average molecular weight is 348 g/mol. The lowest BCUT2D eigenvalue weighted by atomic mass is 9.93. The molecule has 0 bridgehead atoms. The zero-order valence-corrected chi connectivity index (χ0v) is 13.1. The van der Waals surface area contributed by atoms with Crippen LogP contribution in [0, 0.1) is 0 Å². The normalized spacial score (nSPS) is 17.6. The molecule has 0 aromatic heterocycles. The molecule has 1 amide bonds. The highest BCUT2D eigenvalue weighted by molar-refractivity contribution is 5.47. The van der Waals surface area contributed by atoms with Crippen molar-refractivity contribution in [1.82, 2.24) is 10.2 Å². The second-order valence-corrected chi connectivity index (χ2v) is 5.84. The number of benzene rings is 1. The maximum absolute atomic E-state index is 14.4. The standard InChI is InChI=1S/C16H20F4N2O2/c17-15(4-7-22(12-23)8-5-15)11-21-6-9-24-14-3-1-2-13(10-14)16(18,19)20/h1-3,10,12,21H,4-9,11H2. The number of hydrogen-bond donors (Lipinski definition) is 1. The average Bonchev–Trinajstić information content (AvgIpc) is 2.55. The van der Waals surface area contributed by atoms with Crippen LogP contribution in [0.3, 0.4) is 0 Å². The number of alkyl halides is 4. The molecule has 0 spiro atoms. The maximum atomic E-state index is 14.4. The SMILES string of the molecule is O=CN1CCC(F)(CNCCOc2cccc(C(F)(F)F)c2)CC1. The van der Waals surface area contributed by atoms with Crippen LogP contribution in [-0.2, 0) is 11.0 Å². The highest BCUT2D eigenvalue weighted by Gasteiger charge is 2.33. The fourth-order valence-corrected chi connectivity index (χ4v) is 2.52. The largest absolute Gasteiger partial charge is 0.492 e. The second kappa shape index (κ2) is 7.83. The summed E-state index contributed by atoms with van der Waals surface area (Å²) >= 11 is 0. The third-order valence-electron chi connectivity index (χ3n) is 3.99. The minimum absolute atomic E-state index is 0.126. The highest BCUT2D eigenvalue weighted by Crippen LogP contribution is 2.31. The smallest absolute Gasteiger partial charge is 0.416 e. The third-order valence-corrected chi connectivity index (χ3v) is 3.99. The number of hydrogen-bond acceptors (Lipinski definition) is 3. The summed E-state index contributed by atoms with van der Waals surface area (Å²) in [6.45, 7) is 1.37. The molecular weight excluding hydrogens is 328 g/mol. The van der Waals surface area contributed by atoms with Gasteiger partial charge in [0.2, 0.25) is 6.41 Å². The summed E-state index contributed by atoms with van der Waals surface area (Å²) in [7, 11) is 0.